The van der Waals surface area contributed by atoms with E-state index in [9.17, 15) is 13.5 Å². The molecular formula is C18H18O5S. The normalized spacial score (nSPS) is 18.5. The Balaban J connectivity index is 2.26. The molecule has 0 aromatic heterocycles. The van der Waals surface area contributed by atoms with Crippen molar-refractivity contribution in [3.63, 3.8) is 0 Å². The van der Waals surface area contributed by atoms with Gasteiger partial charge in [0.2, 0.25) is 10.3 Å². The Kier molecular flexibility index (Phi) is 4.11. The van der Waals surface area contributed by atoms with Crippen LogP contribution in [0.25, 0.3) is 11.1 Å². The lowest BCUT2D eigenvalue weighted by Crippen LogP contribution is -2.45. The van der Waals surface area contributed by atoms with Gasteiger partial charge in [-0.25, -0.2) is 0 Å². The highest BCUT2D eigenvalue weighted by Gasteiger charge is 2.41. The molecular weight excluding hydrogens is 328 g/mol. The van der Waals surface area contributed by atoms with E-state index in [1.165, 1.54) is 0 Å². The summed E-state index contributed by atoms with van der Waals surface area (Å²) in [5.74, 6) is 1.01. The molecule has 3 rings (SSSR count). The summed E-state index contributed by atoms with van der Waals surface area (Å²) in [6.45, 7) is 3.23. The highest BCUT2D eigenvalue weighted by molar-refractivity contribution is 7.73. The second kappa shape index (κ2) is 5.96. The molecule has 1 heterocycles. The molecule has 1 N–H and O–H groups in total. The van der Waals surface area contributed by atoms with Gasteiger partial charge in [0.15, 0.2) is 0 Å². The maximum atomic E-state index is 11.6. The van der Waals surface area contributed by atoms with Gasteiger partial charge in [0.05, 0.1) is 7.11 Å². The lowest BCUT2D eigenvalue weighted by molar-refractivity contribution is 0.130. The smallest absolute Gasteiger partial charge is 0.220 e. The molecule has 1 aliphatic rings. The third-order valence-electron chi connectivity index (χ3n) is 4.10. The fraction of sp³-hybridized carbons (Fsp3) is 0.278. The molecule has 6 heteroatoms. The number of aliphatic hydroxyl groups is 1. The van der Waals surface area contributed by atoms with E-state index in [0.717, 1.165) is 11.1 Å². The fourth-order valence-corrected chi connectivity index (χ4v) is 3.73. The number of methoxy groups -OCH3 is 1. The first-order chi connectivity index (χ1) is 11.3. The largest absolute Gasteiger partial charge is 0.496 e. The summed E-state index contributed by atoms with van der Waals surface area (Å²) in [4.78, 5) is -0.0841. The first kappa shape index (κ1) is 16.5. The van der Waals surface area contributed by atoms with Crippen LogP contribution in [0.4, 0.5) is 0 Å². The highest BCUT2D eigenvalue weighted by atomic mass is 32.2. The van der Waals surface area contributed by atoms with Crippen LogP contribution in [0, 0.1) is 0 Å². The van der Waals surface area contributed by atoms with Gasteiger partial charge in [0, 0.05) is 17.2 Å². The number of hydrogen-bond acceptors (Lipinski definition) is 5. The SMILES string of the molecule is COc1cc2c(cc1-c1ccccc1)C(O)C(=S(=O)=O)C(C)(C)O2. The van der Waals surface area contributed by atoms with E-state index in [4.69, 9.17) is 9.47 Å². The zero-order valence-electron chi connectivity index (χ0n) is 13.6. The molecule has 2 aromatic rings. The van der Waals surface area contributed by atoms with Crippen LogP contribution in [0.1, 0.15) is 25.5 Å². The third kappa shape index (κ3) is 2.68. The van der Waals surface area contributed by atoms with Gasteiger partial charge in [-0.05, 0) is 25.5 Å². The van der Waals surface area contributed by atoms with Gasteiger partial charge in [-0.15, -0.1) is 0 Å². The van der Waals surface area contributed by atoms with Crippen molar-refractivity contribution in [2.45, 2.75) is 25.6 Å². The van der Waals surface area contributed by atoms with Crippen LogP contribution in [0.15, 0.2) is 42.5 Å². The second-order valence-electron chi connectivity index (χ2n) is 6.07. The average Bonchev–Trinajstić information content (AvgIpc) is 2.53. The number of benzene rings is 2. The number of rotatable bonds is 2. The molecule has 2 aromatic carbocycles. The number of fused-ring (bicyclic) bond motifs is 1. The molecule has 24 heavy (non-hydrogen) atoms. The molecule has 1 atom stereocenters. The molecule has 0 saturated carbocycles. The van der Waals surface area contributed by atoms with Crippen LogP contribution in [0.2, 0.25) is 0 Å². The molecule has 0 aliphatic carbocycles. The maximum absolute atomic E-state index is 11.6. The van der Waals surface area contributed by atoms with Crippen LogP contribution in [-0.4, -0.2) is 31.1 Å². The van der Waals surface area contributed by atoms with Gasteiger partial charge in [-0.1, -0.05) is 30.3 Å². The monoisotopic (exact) mass is 346 g/mol. The fourth-order valence-electron chi connectivity index (χ4n) is 2.98. The molecule has 0 saturated heterocycles. The van der Waals surface area contributed by atoms with Crippen molar-refractivity contribution in [1.82, 2.24) is 0 Å². The van der Waals surface area contributed by atoms with Crippen molar-refractivity contribution in [2.75, 3.05) is 7.11 Å². The minimum atomic E-state index is -2.56. The van der Waals surface area contributed by atoms with Gasteiger partial charge in [0.1, 0.15) is 28.1 Å². The summed E-state index contributed by atoms with van der Waals surface area (Å²) in [6, 6.07) is 12.9. The first-order valence-corrected chi connectivity index (χ1v) is 8.53. The molecule has 5 nitrogen and oxygen atoms in total. The van der Waals surface area contributed by atoms with Crippen molar-refractivity contribution in [3.8, 4) is 22.6 Å². The molecule has 0 spiro atoms. The zero-order chi connectivity index (χ0) is 17.5. The van der Waals surface area contributed by atoms with E-state index in [1.807, 2.05) is 30.3 Å². The Hall–Kier alpha value is -2.31. The highest BCUT2D eigenvalue weighted by Crippen LogP contribution is 2.43. The molecule has 0 bridgehead atoms. The zero-order valence-corrected chi connectivity index (χ0v) is 14.4. The second-order valence-corrected chi connectivity index (χ2v) is 6.98. The van der Waals surface area contributed by atoms with E-state index in [2.05, 4.69) is 0 Å². The van der Waals surface area contributed by atoms with Gasteiger partial charge >= 0.3 is 0 Å². The van der Waals surface area contributed by atoms with Gasteiger partial charge in [0.25, 0.3) is 0 Å². The summed E-state index contributed by atoms with van der Waals surface area (Å²) in [6.07, 6.45) is -1.25. The molecule has 1 aliphatic heterocycles. The summed E-state index contributed by atoms with van der Waals surface area (Å²) >= 11 is 0. The Morgan fingerprint density at radius 1 is 1.17 bits per heavy atom. The van der Waals surface area contributed by atoms with Crippen molar-refractivity contribution >= 4 is 15.2 Å². The van der Waals surface area contributed by atoms with E-state index < -0.39 is 22.0 Å². The third-order valence-corrected chi connectivity index (χ3v) is 5.17. The molecule has 126 valence electrons. The van der Waals surface area contributed by atoms with E-state index in [0.29, 0.717) is 17.1 Å². The molecule has 1 unspecified atom stereocenters. The Morgan fingerprint density at radius 2 is 1.83 bits per heavy atom. The summed E-state index contributed by atoms with van der Waals surface area (Å²) in [5.41, 5.74) is 0.945. The lowest BCUT2D eigenvalue weighted by Gasteiger charge is -2.36. The molecule has 0 amide bonds. The van der Waals surface area contributed by atoms with Crippen LogP contribution < -0.4 is 9.47 Å². The standard InChI is InChI=1S/C18H18O5S/c1-18(2)17(24(20)21)16(19)13-9-12(11-7-5-4-6-8-11)14(22-3)10-15(13)23-18/h4-10,16,19H,1-3H3. The lowest BCUT2D eigenvalue weighted by atomic mass is 9.89. The van der Waals surface area contributed by atoms with Gasteiger partial charge in [-0.3, -0.25) is 0 Å². The average molecular weight is 346 g/mol. The predicted octanol–water partition coefficient (Wildman–Crippen LogP) is 2.62. The number of aliphatic hydroxyl groups excluding tert-OH is 1. The number of hydrogen-bond donors (Lipinski definition) is 1. The Morgan fingerprint density at radius 3 is 2.42 bits per heavy atom. The molecule has 0 fully saturated rings. The van der Waals surface area contributed by atoms with E-state index in [-0.39, 0.29) is 4.86 Å². The predicted molar refractivity (Wildman–Crippen MR) is 92.0 cm³/mol. The van der Waals surface area contributed by atoms with Crippen LogP contribution >= 0.6 is 0 Å². The van der Waals surface area contributed by atoms with E-state index >= 15 is 0 Å². The van der Waals surface area contributed by atoms with Gasteiger partial charge < -0.3 is 14.6 Å². The first-order valence-electron chi connectivity index (χ1n) is 7.46. The maximum Gasteiger partial charge on any atom is 0.220 e. The van der Waals surface area contributed by atoms with Crippen molar-refractivity contribution < 1.29 is 23.0 Å². The summed E-state index contributed by atoms with van der Waals surface area (Å²) in [7, 11) is -0.998. The molecule has 0 radical (unpaired) electrons. The van der Waals surface area contributed by atoms with Crippen LogP contribution in [0.3, 0.4) is 0 Å². The summed E-state index contributed by atoms with van der Waals surface area (Å²) in [5, 5.41) is 10.6. The van der Waals surface area contributed by atoms with Crippen molar-refractivity contribution in [2.24, 2.45) is 0 Å². The minimum absolute atomic E-state index is 0.0841. The topological polar surface area (TPSA) is 72.8 Å². The van der Waals surface area contributed by atoms with Crippen LogP contribution in [-0.2, 0) is 10.3 Å². The minimum Gasteiger partial charge on any atom is -0.496 e. The van der Waals surface area contributed by atoms with Crippen molar-refractivity contribution in [3.05, 3.63) is 48.0 Å². The number of ether oxygens (including phenoxy) is 2. The van der Waals surface area contributed by atoms with Gasteiger partial charge in [-0.2, -0.15) is 8.42 Å². The Bertz CT molecular complexity index is 906. The van der Waals surface area contributed by atoms with E-state index in [1.54, 1.807) is 33.1 Å². The quantitative estimate of drug-likeness (QED) is 0.846. The summed E-state index contributed by atoms with van der Waals surface area (Å²) < 4.78 is 34.4. The van der Waals surface area contributed by atoms with Crippen molar-refractivity contribution in [1.29, 1.82) is 0 Å². The Labute approximate surface area is 142 Å². The van der Waals surface area contributed by atoms with Crippen LogP contribution in [0.5, 0.6) is 11.5 Å².